The van der Waals surface area contributed by atoms with Gasteiger partial charge in [-0.1, -0.05) is 61.0 Å². The Bertz CT molecular complexity index is 408. The maximum absolute atomic E-state index is 14.1. The van der Waals surface area contributed by atoms with E-state index in [0.717, 1.165) is 5.70 Å². The lowest BCUT2D eigenvalue weighted by Gasteiger charge is -2.37. The van der Waals surface area contributed by atoms with Crippen molar-refractivity contribution in [1.82, 2.24) is 0 Å². The average molecular weight is 466 g/mol. The molecule has 0 atom stereocenters. The molecule has 0 N–H and O–H groups in total. The highest BCUT2D eigenvalue weighted by atomic mass is 127. The smallest absolute Gasteiger partial charge is 0.195 e. The van der Waals surface area contributed by atoms with Crippen LogP contribution in [0.15, 0.2) is 10.9 Å². The third-order valence-corrected chi connectivity index (χ3v) is 12.5. The van der Waals surface area contributed by atoms with Crippen molar-refractivity contribution < 1.29 is 30.7 Å². The summed E-state index contributed by atoms with van der Waals surface area (Å²) in [6, 6.07) is 0. The van der Waals surface area contributed by atoms with Crippen molar-refractivity contribution in [2.75, 3.05) is 4.05 Å². The molecule has 0 amide bonds. The van der Waals surface area contributed by atoms with E-state index in [1.807, 2.05) is 0 Å². The molecule has 0 aliphatic carbocycles. The van der Waals surface area contributed by atoms with E-state index in [4.69, 9.17) is 0 Å². The van der Waals surface area contributed by atoms with Crippen LogP contribution in [0.4, 0.5) is 30.7 Å². The van der Waals surface area contributed by atoms with Gasteiger partial charge in [-0.05, 0) is 9.25 Å². The first-order chi connectivity index (χ1) is 8.90. The third kappa shape index (κ3) is 4.69. The fraction of sp³-hybridized carbons (Fsp3) is 0.818. The average Bonchev–Trinajstić information content (AvgIpc) is 2.22. The van der Waals surface area contributed by atoms with Crippen LogP contribution in [0, 0.1) is 0 Å². The summed E-state index contributed by atoms with van der Waals surface area (Å²) in [5, 5.41) is -0.995. The quantitative estimate of drug-likeness (QED) is 0.207. The second kappa shape index (κ2) is 6.13. The van der Waals surface area contributed by atoms with Crippen LogP contribution in [0.2, 0.25) is 32.7 Å². The molecule has 0 saturated carbocycles. The van der Waals surface area contributed by atoms with Gasteiger partial charge in [0.2, 0.25) is 0 Å². The first-order valence-corrected chi connectivity index (χ1v) is 14.3. The van der Waals surface area contributed by atoms with Crippen molar-refractivity contribution in [2.24, 2.45) is 0 Å². The van der Waals surface area contributed by atoms with Gasteiger partial charge in [0.05, 0.1) is 16.1 Å². The summed E-state index contributed by atoms with van der Waals surface area (Å²) >= 11 is 1.76. The molecule has 126 valence electrons. The molecule has 10 heteroatoms. The molecule has 0 spiro atoms. The molecule has 0 nitrogen and oxygen atoms in total. The Balaban J connectivity index is 6.27. The number of allylic oxidation sites excluding steroid dienone is 1. The van der Waals surface area contributed by atoms with Crippen LogP contribution in [0.3, 0.4) is 0 Å². The zero-order valence-electron chi connectivity index (χ0n) is 12.3. The fourth-order valence-electron chi connectivity index (χ4n) is 1.56. The molecule has 0 fully saturated rings. The van der Waals surface area contributed by atoms with Crippen molar-refractivity contribution in [1.29, 1.82) is 0 Å². The minimum Gasteiger partial charge on any atom is -0.195 e. The molecule has 0 rings (SSSR count). The van der Waals surface area contributed by atoms with Crippen molar-refractivity contribution >= 4 is 38.7 Å². The Morgan fingerprint density at radius 3 is 1.52 bits per heavy atom. The van der Waals surface area contributed by atoms with E-state index in [-0.39, 0.29) is 4.05 Å². The molecule has 0 aromatic carbocycles. The Labute approximate surface area is 135 Å². The molecular formula is C11H18F7ISi2. The minimum atomic E-state index is -6.29. The summed E-state index contributed by atoms with van der Waals surface area (Å²) < 4.78 is 92.1. The van der Waals surface area contributed by atoms with Crippen molar-refractivity contribution in [3.8, 4) is 0 Å². The van der Waals surface area contributed by atoms with E-state index < -0.39 is 39.4 Å². The van der Waals surface area contributed by atoms with Gasteiger partial charge in [-0.2, -0.15) is 30.7 Å². The lowest BCUT2D eigenvalue weighted by Crippen LogP contribution is -2.58. The maximum Gasteiger partial charge on any atom is 0.460 e. The minimum absolute atomic E-state index is 0.130. The van der Waals surface area contributed by atoms with E-state index in [0.29, 0.717) is 0 Å². The van der Waals surface area contributed by atoms with Crippen LogP contribution in [0.5, 0.6) is 0 Å². The molecule has 0 heterocycles. The first kappa shape index (κ1) is 21.4. The van der Waals surface area contributed by atoms with Gasteiger partial charge in [-0.25, -0.2) is 0 Å². The van der Waals surface area contributed by atoms with Crippen molar-refractivity contribution in [3.05, 3.63) is 10.9 Å². The number of halogens is 8. The molecule has 0 radical (unpaired) electrons. The zero-order valence-corrected chi connectivity index (χ0v) is 16.5. The predicted octanol–water partition coefficient (Wildman–Crippen LogP) is 5.84. The summed E-state index contributed by atoms with van der Waals surface area (Å²) in [6.07, 6.45) is -6.29. The largest absolute Gasteiger partial charge is 0.460 e. The van der Waals surface area contributed by atoms with Crippen LogP contribution in [-0.4, -0.2) is 38.2 Å². The van der Waals surface area contributed by atoms with Gasteiger partial charge < -0.3 is 0 Å². The monoisotopic (exact) mass is 466 g/mol. The molecule has 0 aromatic rings. The summed E-state index contributed by atoms with van der Waals surface area (Å²) in [4.78, 5) is 0. The van der Waals surface area contributed by atoms with Crippen LogP contribution in [-0.2, 0) is 0 Å². The van der Waals surface area contributed by atoms with Crippen molar-refractivity contribution in [3.63, 3.8) is 0 Å². The molecule has 0 bridgehead atoms. The highest BCUT2D eigenvalue weighted by Gasteiger charge is 2.75. The van der Waals surface area contributed by atoms with Gasteiger partial charge in [-0.15, -0.1) is 0 Å². The second-order valence-electron chi connectivity index (χ2n) is 6.59. The van der Waals surface area contributed by atoms with E-state index in [1.165, 1.54) is 13.1 Å². The summed E-state index contributed by atoms with van der Waals surface area (Å²) in [7, 11) is -5.49. The highest BCUT2D eigenvalue weighted by Crippen LogP contribution is 2.52. The SMILES string of the molecule is C[Si](C)(C)C=C(C(F)(F)C(F)(F)C(F)(F)F)[Si](C)(C)CI. The van der Waals surface area contributed by atoms with Crippen LogP contribution in [0.1, 0.15) is 0 Å². The van der Waals surface area contributed by atoms with Gasteiger partial charge in [0.1, 0.15) is 0 Å². The van der Waals surface area contributed by atoms with E-state index in [1.54, 1.807) is 42.2 Å². The van der Waals surface area contributed by atoms with Crippen LogP contribution >= 0.6 is 22.6 Å². The predicted molar refractivity (Wildman–Crippen MR) is 83.7 cm³/mol. The third-order valence-electron chi connectivity index (χ3n) is 2.73. The highest BCUT2D eigenvalue weighted by molar-refractivity contribution is 14.1. The van der Waals surface area contributed by atoms with E-state index in [2.05, 4.69) is 0 Å². The topological polar surface area (TPSA) is 0 Å². The normalized spacial score (nSPS) is 16.3. The number of alkyl halides is 8. The zero-order chi connectivity index (χ0) is 17.5. The molecule has 0 aliphatic rings. The van der Waals surface area contributed by atoms with E-state index >= 15 is 0 Å². The molecular weight excluding hydrogens is 448 g/mol. The number of rotatable bonds is 5. The van der Waals surface area contributed by atoms with Gasteiger partial charge in [0.15, 0.2) is 0 Å². The van der Waals surface area contributed by atoms with Crippen molar-refractivity contribution in [2.45, 2.75) is 50.8 Å². The van der Waals surface area contributed by atoms with E-state index in [9.17, 15) is 30.7 Å². The Hall–Kier alpha value is 0.414. The summed E-state index contributed by atoms with van der Waals surface area (Å²) in [5.74, 6) is -11.3. The molecule has 0 aromatic heterocycles. The lowest BCUT2D eigenvalue weighted by molar-refractivity contribution is -0.343. The van der Waals surface area contributed by atoms with Gasteiger partial charge >= 0.3 is 18.0 Å². The van der Waals surface area contributed by atoms with Crippen LogP contribution < -0.4 is 0 Å². The second-order valence-corrected chi connectivity index (χ2v) is 18.5. The van der Waals surface area contributed by atoms with Gasteiger partial charge in [0, 0.05) is 0 Å². The van der Waals surface area contributed by atoms with Gasteiger partial charge in [-0.3, -0.25) is 0 Å². The number of hydrogen-bond acceptors (Lipinski definition) is 0. The van der Waals surface area contributed by atoms with Crippen LogP contribution in [0.25, 0.3) is 0 Å². The molecule has 0 unspecified atom stereocenters. The Kier molecular flexibility index (Phi) is 6.26. The molecule has 0 saturated heterocycles. The fourth-order valence-corrected chi connectivity index (χ4v) is 7.86. The maximum atomic E-state index is 14.1. The Morgan fingerprint density at radius 1 is 0.905 bits per heavy atom. The summed E-state index contributed by atoms with van der Waals surface area (Å²) in [5.41, 5.74) is 1.01. The standard InChI is InChI=1S/C11H18F7ISi2/c1-20(2,3)6-8(21(4,5)7-19)9(12,13)10(14,15)11(16,17)18/h6H,7H2,1-5H3. The molecule has 0 aliphatic heterocycles. The first-order valence-electron chi connectivity index (χ1n) is 6.02. The molecule has 21 heavy (non-hydrogen) atoms. The Morgan fingerprint density at radius 2 is 1.29 bits per heavy atom. The van der Waals surface area contributed by atoms with Gasteiger partial charge in [0.25, 0.3) is 0 Å². The lowest BCUT2D eigenvalue weighted by atomic mass is 10.1. The number of hydrogen-bond donors (Lipinski definition) is 0. The summed E-state index contributed by atoms with van der Waals surface area (Å²) in [6.45, 7) is 7.61.